The lowest BCUT2D eigenvalue weighted by Crippen LogP contribution is -1.97. The lowest BCUT2D eigenvalue weighted by Gasteiger charge is -2.16. The van der Waals surface area contributed by atoms with Gasteiger partial charge in [0.15, 0.2) is 0 Å². The summed E-state index contributed by atoms with van der Waals surface area (Å²) in [5, 5.41) is 2.68. The Morgan fingerprint density at radius 3 is 1.89 bits per heavy atom. The van der Waals surface area contributed by atoms with E-state index in [0.717, 1.165) is 6.54 Å². The van der Waals surface area contributed by atoms with E-state index in [1.807, 2.05) is 0 Å². The Morgan fingerprint density at radius 2 is 1.14 bits per heavy atom. The van der Waals surface area contributed by atoms with Gasteiger partial charge in [-0.2, -0.15) is 0 Å². The fourth-order valence-electron chi connectivity index (χ4n) is 5.55. The molecule has 0 N–H and O–H groups in total. The molecule has 1 heteroatoms. The molecule has 0 aliphatic heterocycles. The van der Waals surface area contributed by atoms with Crippen molar-refractivity contribution in [3.05, 3.63) is 121 Å². The average Bonchev–Trinajstić information content (AvgIpc) is 3.27. The molecule has 0 aliphatic carbocycles. The van der Waals surface area contributed by atoms with Crippen molar-refractivity contribution in [3.8, 4) is 33.4 Å². The SMILES string of the molecule is CCCCCn1c2ccccc2c2cc(-c3cccc(-c4ccccc4)c3-c3ccccc3)ccc21. The first kappa shape index (κ1) is 22.4. The molecule has 0 aliphatic rings. The first-order valence-electron chi connectivity index (χ1n) is 13.1. The molecule has 0 amide bonds. The molecule has 0 atom stereocenters. The molecule has 0 saturated carbocycles. The summed E-state index contributed by atoms with van der Waals surface area (Å²) in [5.74, 6) is 0. The third-order valence-electron chi connectivity index (χ3n) is 7.28. The van der Waals surface area contributed by atoms with Gasteiger partial charge in [-0.25, -0.2) is 0 Å². The number of hydrogen-bond donors (Lipinski definition) is 0. The fraction of sp³-hybridized carbons (Fsp3) is 0.143. The van der Waals surface area contributed by atoms with Crippen LogP contribution < -0.4 is 0 Å². The molecular formula is C35H31N. The second kappa shape index (κ2) is 9.87. The minimum atomic E-state index is 1.07. The third-order valence-corrected chi connectivity index (χ3v) is 7.28. The van der Waals surface area contributed by atoms with Crippen LogP contribution in [-0.4, -0.2) is 4.57 Å². The topological polar surface area (TPSA) is 4.93 Å². The van der Waals surface area contributed by atoms with E-state index in [1.54, 1.807) is 0 Å². The van der Waals surface area contributed by atoms with Gasteiger partial charge in [-0.15, -0.1) is 0 Å². The van der Waals surface area contributed by atoms with Crippen LogP contribution in [0.2, 0.25) is 0 Å². The molecule has 0 bridgehead atoms. The van der Waals surface area contributed by atoms with Gasteiger partial charge in [0.1, 0.15) is 0 Å². The van der Waals surface area contributed by atoms with E-state index in [4.69, 9.17) is 0 Å². The maximum atomic E-state index is 2.52. The number of rotatable bonds is 7. The van der Waals surface area contributed by atoms with E-state index in [2.05, 4.69) is 133 Å². The largest absolute Gasteiger partial charge is 0.340 e. The number of unbranched alkanes of at least 4 members (excludes halogenated alkanes) is 2. The predicted octanol–water partition coefficient (Wildman–Crippen LogP) is 9.99. The Hall–Kier alpha value is -4.10. The van der Waals surface area contributed by atoms with Gasteiger partial charge in [-0.3, -0.25) is 0 Å². The van der Waals surface area contributed by atoms with E-state index >= 15 is 0 Å². The van der Waals surface area contributed by atoms with Crippen molar-refractivity contribution >= 4 is 21.8 Å². The second-order valence-corrected chi connectivity index (χ2v) is 9.57. The van der Waals surface area contributed by atoms with Gasteiger partial charge < -0.3 is 4.57 Å². The lowest BCUT2D eigenvalue weighted by molar-refractivity contribution is 0.627. The number of aromatic nitrogens is 1. The molecule has 1 aromatic heterocycles. The van der Waals surface area contributed by atoms with Gasteiger partial charge in [0.25, 0.3) is 0 Å². The first-order valence-corrected chi connectivity index (χ1v) is 13.1. The number of benzene rings is 5. The summed E-state index contributed by atoms with van der Waals surface area (Å²) in [6, 6.07) is 44.2. The summed E-state index contributed by atoms with van der Waals surface area (Å²) in [6.07, 6.45) is 3.71. The Balaban J connectivity index is 1.58. The van der Waals surface area contributed by atoms with Gasteiger partial charge >= 0.3 is 0 Å². The van der Waals surface area contributed by atoms with Crippen LogP contribution in [0.25, 0.3) is 55.2 Å². The summed E-state index contributed by atoms with van der Waals surface area (Å²) in [6.45, 7) is 3.34. The van der Waals surface area contributed by atoms with E-state index in [-0.39, 0.29) is 0 Å². The van der Waals surface area contributed by atoms with Crippen LogP contribution in [0.15, 0.2) is 121 Å². The van der Waals surface area contributed by atoms with Crippen LogP contribution in [0.1, 0.15) is 26.2 Å². The smallest absolute Gasteiger partial charge is 0.0491 e. The van der Waals surface area contributed by atoms with Crippen molar-refractivity contribution in [1.82, 2.24) is 4.57 Å². The molecule has 0 spiro atoms. The molecule has 5 aromatic carbocycles. The monoisotopic (exact) mass is 465 g/mol. The standard InChI is InChI=1S/C35H31N/c1-2-3-12-24-36-33-21-11-10-18-31(33)32-25-28(22-23-34(32)36)30-20-13-19-29(26-14-6-4-7-15-26)35(30)27-16-8-5-9-17-27/h4-11,13-23,25H,2-3,12,24H2,1H3. The highest BCUT2D eigenvalue weighted by molar-refractivity contribution is 6.10. The number of nitrogens with zero attached hydrogens (tertiary/aromatic N) is 1. The summed E-state index contributed by atoms with van der Waals surface area (Å²) >= 11 is 0. The van der Waals surface area contributed by atoms with Crippen molar-refractivity contribution in [2.45, 2.75) is 32.7 Å². The molecule has 0 unspecified atom stereocenters. The minimum Gasteiger partial charge on any atom is -0.340 e. The highest BCUT2D eigenvalue weighted by Gasteiger charge is 2.16. The van der Waals surface area contributed by atoms with Crippen molar-refractivity contribution < 1.29 is 0 Å². The van der Waals surface area contributed by atoms with Crippen LogP contribution in [0.5, 0.6) is 0 Å². The fourth-order valence-corrected chi connectivity index (χ4v) is 5.55. The van der Waals surface area contributed by atoms with Crippen LogP contribution >= 0.6 is 0 Å². The quantitative estimate of drug-likeness (QED) is 0.207. The molecule has 0 saturated heterocycles. The van der Waals surface area contributed by atoms with Gasteiger partial charge in [0, 0.05) is 28.4 Å². The highest BCUT2D eigenvalue weighted by Crippen LogP contribution is 2.41. The number of aryl methyl sites for hydroxylation is 1. The summed E-state index contributed by atoms with van der Waals surface area (Å²) < 4.78 is 2.52. The van der Waals surface area contributed by atoms with E-state index < -0.39 is 0 Å². The van der Waals surface area contributed by atoms with Crippen LogP contribution in [0.3, 0.4) is 0 Å². The molecule has 0 radical (unpaired) electrons. The van der Waals surface area contributed by atoms with Crippen LogP contribution in [0, 0.1) is 0 Å². The molecule has 6 aromatic rings. The lowest BCUT2D eigenvalue weighted by atomic mass is 9.87. The Bertz CT molecular complexity index is 1620. The Labute approximate surface area is 213 Å². The van der Waals surface area contributed by atoms with Crippen LogP contribution in [-0.2, 0) is 6.54 Å². The van der Waals surface area contributed by atoms with Crippen LogP contribution in [0.4, 0.5) is 0 Å². The minimum absolute atomic E-state index is 1.07. The zero-order valence-corrected chi connectivity index (χ0v) is 20.8. The highest BCUT2D eigenvalue weighted by atomic mass is 15.0. The zero-order chi connectivity index (χ0) is 24.3. The van der Waals surface area contributed by atoms with Gasteiger partial charge in [0.2, 0.25) is 0 Å². The molecule has 6 rings (SSSR count). The second-order valence-electron chi connectivity index (χ2n) is 9.57. The number of para-hydroxylation sites is 1. The number of hydrogen-bond acceptors (Lipinski definition) is 0. The summed E-state index contributed by atoms with van der Waals surface area (Å²) in [4.78, 5) is 0. The van der Waals surface area contributed by atoms with Crippen molar-refractivity contribution in [2.24, 2.45) is 0 Å². The van der Waals surface area contributed by atoms with E-state index in [0.29, 0.717) is 0 Å². The van der Waals surface area contributed by atoms with Crippen molar-refractivity contribution in [3.63, 3.8) is 0 Å². The molecule has 1 heterocycles. The third kappa shape index (κ3) is 4.01. The van der Waals surface area contributed by atoms with Crippen molar-refractivity contribution in [1.29, 1.82) is 0 Å². The zero-order valence-electron chi connectivity index (χ0n) is 20.8. The molecule has 36 heavy (non-hydrogen) atoms. The summed E-state index contributed by atoms with van der Waals surface area (Å²) in [5.41, 5.74) is 10.2. The van der Waals surface area contributed by atoms with E-state index in [1.165, 1.54) is 74.4 Å². The average molecular weight is 466 g/mol. The Morgan fingerprint density at radius 1 is 0.500 bits per heavy atom. The van der Waals surface area contributed by atoms with Gasteiger partial charge in [-0.1, -0.05) is 123 Å². The number of fused-ring (bicyclic) bond motifs is 3. The van der Waals surface area contributed by atoms with Crippen molar-refractivity contribution in [2.75, 3.05) is 0 Å². The molecule has 1 nitrogen and oxygen atoms in total. The van der Waals surface area contributed by atoms with Gasteiger partial charge in [-0.05, 0) is 58.0 Å². The molecule has 176 valence electrons. The predicted molar refractivity (Wildman–Crippen MR) is 155 cm³/mol. The summed E-state index contributed by atoms with van der Waals surface area (Å²) in [7, 11) is 0. The van der Waals surface area contributed by atoms with E-state index in [9.17, 15) is 0 Å². The Kier molecular flexibility index (Phi) is 6.13. The normalized spacial score (nSPS) is 11.4. The first-order chi connectivity index (χ1) is 17.8. The van der Waals surface area contributed by atoms with Gasteiger partial charge in [0.05, 0.1) is 0 Å². The maximum Gasteiger partial charge on any atom is 0.0491 e. The maximum absolute atomic E-state index is 2.52. The molecule has 0 fully saturated rings. The molecular weight excluding hydrogens is 434 g/mol.